The van der Waals surface area contributed by atoms with E-state index in [4.69, 9.17) is 0 Å². The first-order chi connectivity index (χ1) is 8.30. The Morgan fingerprint density at radius 1 is 1.00 bits per heavy atom. The molecule has 0 amide bonds. The molecule has 0 aliphatic rings. The number of halogens is 1. The Morgan fingerprint density at radius 2 is 1.56 bits per heavy atom. The summed E-state index contributed by atoms with van der Waals surface area (Å²) in [6.45, 7) is 11.1. The van der Waals surface area contributed by atoms with E-state index in [1.54, 1.807) is 0 Å². The highest BCUT2D eigenvalue weighted by molar-refractivity contribution is 9.10. The van der Waals surface area contributed by atoms with Crippen molar-refractivity contribution < 1.29 is 0 Å². The predicted molar refractivity (Wildman–Crippen MR) is 85.6 cm³/mol. The van der Waals surface area contributed by atoms with Crippen LogP contribution in [-0.2, 0) is 5.41 Å². The number of hydrogen-bond acceptors (Lipinski definition) is 1. The molecule has 0 bridgehead atoms. The third-order valence-electron chi connectivity index (χ3n) is 3.25. The molecule has 0 spiro atoms. The second kappa shape index (κ2) is 4.82. The van der Waals surface area contributed by atoms with Crippen LogP contribution in [0, 0.1) is 13.8 Å². The van der Waals surface area contributed by atoms with Gasteiger partial charge < -0.3 is 0 Å². The molecule has 0 aliphatic carbocycles. The van der Waals surface area contributed by atoms with Crippen molar-refractivity contribution in [2.75, 3.05) is 0 Å². The van der Waals surface area contributed by atoms with Gasteiger partial charge in [0, 0.05) is 14.2 Å². The van der Waals surface area contributed by atoms with E-state index < -0.39 is 0 Å². The van der Waals surface area contributed by atoms with Gasteiger partial charge >= 0.3 is 0 Å². The molecule has 0 N–H and O–H groups in total. The summed E-state index contributed by atoms with van der Waals surface area (Å²) in [5.74, 6) is 0. The molecule has 0 saturated heterocycles. The van der Waals surface area contributed by atoms with Gasteiger partial charge in [0.1, 0.15) is 0 Å². The van der Waals surface area contributed by atoms with Crippen LogP contribution in [0.4, 0.5) is 0 Å². The highest BCUT2D eigenvalue weighted by Crippen LogP contribution is 2.39. The zero-order chi connectivity index (χ0) is 13.5. The molecule has 0 radical (unpaired) electrons. The lowest BCUT2D eigenvalue weighted by Crippen LogP contribution is -2.10. The third-order valence-corrected chi connectivity index (χ3v) is 5.96. The van der Waals surface area contributed by atoms with Crippen molar-refractivity contribution in [2.45, 2.75) is 40.0 Å². The first-order valence-corrected chi connectivity index (χ1v) is 7.78. The van der Waals surface area contributed by atoms with Crippen molar-refractivity contribution >= 4 is 27.3 Å². The van der Waals surface area contributed by atoms with E-state index in [0.717, 1.165) is 0 Å². The lowest BCUT2D eigenvalue weighted by atomic mass is 9.86. The van der Waals surface area contributed by atoms with Crippen LogP contribution in [0.5, 0.6) is 0 Å². The highest BCUT2D eigenvalue weighted by Gasteiger charge is 2.15. The van der Waals surface area contributed by atoms with Gasteiger partial charge in [-0.2, -0.15) is 0 Å². The molecule has 96 valence electrons. The summed E-state index contributed by atoms with van der Waals surface area (Å²) in [4.78, 5) is 2.72. The van der Waals surface area contributed by atoms with E-state index >= 15 is 0 Å². The Labute approximate surface area is 122 Å². The molecule has 2 rings (SSSR count). The molecule has 0 saturated carbocycles. The van der Waals surface area contributed by atoms with Crippen LogP contribution in [-0.4, -0.2) is 0 Å². The summed E-state index contributed by atoms with van der Waals surface area (Å²) in [7, 11) is 0. The Kier molecular flexibility index (Phi) is 3.70. The second-order valence-electron chi connectivity index (χ2n) is 5.75. The highest BCUT2D eigenvalue weighted by atomic mass is 79.9. The summed E-state index contributed by atoms with van der Waals surface area (Å²) in [5, 5.41) is 0. The van der Waals surface area contributed by atoms with Gasteiger partial charge in [-0.3, -0.25) is 0 Å². The Hall–Kier alpha value is -0.600. The Balaban J connectivity index is 2.44. The summed E-state index contributed by atoms with van der Waals surface area (Å²) in [6.07, 6.45) is 0. The molecule has 2 heteroatoms. The monoisotopic (exact) mass is 322 g/mol. The number of aryl methyl sites for hydroxylation is 1. The SMILES string of the molecule is Cc1sc(-c2ccc(C(C)(C)C)cc2)c(C)c1Br. The van der Waals surface area contributed by atoms with Crippen LogP contribution in [0.25, 0.3) is 10.4 Å². The van der Waals surface area contributed by atoms with Gasteiger partial charge in [0.05, 0.1) is 0 Å². The maximum atomic E-state index is 3.65. The molecule has 0 atom stereocenters. The molecule has 0 aliphatic heterocycles. The van der Waals surface area contributed by atoms with Crippen LogP contribution < -0.4 is 0 Å². The predicted octanol–water partition coefficient (Wildman–Crippen LogP) is 6.09. The minimum Gasteiger partial charge on any atom is -0.139 e. The molecule has 0 unspecified atom stereocenters. The zero-order valence-electron chi connectivity index (χ0n) is 11.6. The minimum atomic E-state index is 0.222. The Morgan fingerprint density at radius 3 is 1.94 bits per heavy atom. The maximum Gasteiger partial charge on any atom is 0.0386 e. The summed E-state index contributed by atoms with van der Waals surface area (Å²) < 4.78 is 1.25. The van der Waals surface area contributed by atoms with E-state index in [2.05, 4.69) is 74.8 Å². The van der Waals surface area contributed by atoms with E-state index in [1.165, 1.54) is 30.9 Å². The van der Waals surface area contributed by atoms with Crippen molar-refractivity contribution in [3.05, 3.63) is 44.7 Å². The van der Waals surface area contributed by atoms with Gasteiger partial charge in [-0.1, -0.05) is 45.0 Å². The number of rotatable bonds is 1. The van der Waals surface area contributed by atoms with E-state index in [9.17, 15) is 0 Å². The molecule has 0 fully saturated rings. The number of hydrogen-bond donors (Lipinski definition) is 0. The van der Waals surface area contributed by atoms with Crippen LogP contribution in [0.3, 0.4) is 0 Å². The van der Waals surface area contributed by atoms with E-state index in [0.29, 0.717) is 0 Å². The molecule has 18 heavy (non-hydrogen) atoms. The molecule has 1 aromatic heterocycles. The molecule has 1 heterocycles. The fourth-order valence-corrected chi connectivity index (χ4v) is 3.67. The summed E-state index contributed by atoms with van der Waals surface area (Å²) in [6, 6.07) is 8.98. The van der Waals surface area contributed by atoms with Crippen LogP contribution in [0.15, 0.2) is 28.7 Å². The average molecular weight is 323 g/mol. The van der Waals surface area contributed by atoms with Gasteiger partial charge in [0.15, 0.2) is 0 Å². The topological polar surface area (TPSA) is 0 Å². The standard InChI is InChI=1S/C16H19BrS/c1-10-14(17)11(2)18-15(10)12-6-8-13(9-7-12)16(3,4)5/h6-9H,1-5H3. The molecule has 2 aromatic rings. The molecular weight excluding hydrogens is 304 g/mol. The van der Waals surface area contributed by atoms with Gasteiger partial charge in [0.25, 0.3) is 0 Å². The Bertz CT molecular complexity index is 556. The molecule has 0 nitrogen and oxygen atoms in total. The minimum absolute atomic E-state index is 0.222. The maximum absolute atomic E-state index is 3.65. The number of thiophene rings is 1. The normalized spacial score (nSPS) is 11.9. The van der Waals surface area contributed by atoms with Crippen molar-refractivity contribution in [1.29, 1.82) is 0 Å². The largest absolute Gasteiger partial charge is 0.139 e. The third kappa shape index (κ3) is 2.55. The first kappa shape index (κ1) is 13.8. The van der Waals surface area contributed by atoms with E-state index in [1.807, 2.05) is 11.3 Å². The molecule has 1 aromatic carbocycles. The van der Waals surface area contributed by atoms with E-state index in [-0.39, 0.29) is 5.41 Å². The van der Waals surface area contributed by atoms with Crippen LogP contribution in [0.1, 0.15) is 36.8 Å². The lowest BCUT2D eigenvalue weighted by Gasteiger charge is -2.19. The fourth-order valence-electron chi connectivity index (χ4n) is 2.04. The first-order valence-electron chi connectivity index (χ1n) is 6.17. The van der Waals surface area contributed by atoms with Crippen molar-refractivity contribution in [1.82, 2.24) is 0 Å². The van der Waals surface area contributed by atoms with Crippen molar-refractivity contribution in [3.8, 4) is 10.4 Å². The number of benzene rings is 1. The lowest BCUT2D eigenvalue weighted by molar-refractivity contribution is 0.590. The fraction of sp³-hybridized carbons (Fsp3) is 0.375. The van der Waals surface area contributed by atoms with Crippen LogP contribution in [0.2, 0.25) is 0 Å². The smallest absolute Gasteiger partial charge is 0.0386 e. The summed E-state index contributed by atoms with van der Waals surface area (Å²) in [5.41, 5.74) is 4.27. The second-order valence-corrected chi connectivity index (χ2v) is 7.77. The van der Waals surface area contributed by atoms with Gasteiger partial charge in [-0.25, -0.2) is 0 Å². The summed E-state index contributed by atoms with van der Waals surface area (Å²) >= 11 is 5.51. The van der Waals surface area contributed by atoms with Crippen molar-refractivity contribution in [3.63, 3.8) is 0 Å². The van der Waals surface area contributed by atoms with Crippen molar-refractivity contribution in [2.24, 2.45) is 0 Å². The van der Waals surface area contributed by atoms with Gasteiger partial charge in [0.2, 0.25) is 0 Å². The van der Waals surface area contributed by atoms with Crippen LogP contribution >= 0.6 is 27.3 Å². The van der Waals surface area contributed by atoms with Gasteiger partial charge in [-0.15, -0.1) is 11.3 Å². The zero-order valence-corrected chi connectivity index (χ0v) is 14.0. The molecular formula is C16H19BrS. The van der Waals surface area contributed by atoms with Gasteiger partial charge in [-0.05, 0) is 51.9 Å². The average Bonchev–Trinajstić information content (AvgIpc) is 2.56. The quantitative estimate of drug-likeness (QED) is 0.595.